The van der Waals surface area contributed by atoms with Crippen LogP contribution in [0.4, 0.5) is 0 Å². The highest BCUT2D eigenvalue weighted by Gasteiger charge is 2.21. The summed E-state index contributed by atoms with van der Waals surface area (Å²) in [5, 5.41) is 9.27. The first kappa shape index (κ1) is 22.9. The third kappa shape index (κ3) is 5.68. The Kier molecular flexibility index (Phi) is 9.04. The van der Waals surface area contributed by atoms with Gasteiger partial charge in [-0.25, -0.2) is 4.98 Å². The van der Waals surface area contributed by atoms with Crippen molar-refractivity contribution < 1.29 is 4.79 Å². The predicted molar refractivity (Wildman–Crippen MR) is 114 cm³/mol. The van der Waals surface area contributed by atoms with E-state index in [2.05, 4.69) is 60.7 Å². The second-order valence-electron chi connectivity index (χ2n) is 6.86. The lowest BCUT2D eigenvalue weighted by molar-refractivity contribution is 0.0921. The summed E-state index contributed by atoms with van der Waals surface area (Å²) >= 11 is 1.52. The van der Waals surface area contributed by atoms with Crippen molar-refractivity contribution in [3.63, 3.8) is 0 Å². The van der Waals surface area contributed by atoms with Crippen LogP contribution in [-0.4, -0.2) is 29.5 Å². The molecule has 2 unspecified atom stereocenters. The van der Waals surface area contributed by atoms with Crippen molar-refractivity contribution in [2.45, 2.75) is 51.6 Å². The molecule has 1 aliphatic heterocycles. The van der Waals surface area contributed by atoms with Gasteiger partial charge in [0, 0.05) is 23.0 Å². The number of carbonyl (C=O) groups is 1. The van der Waals surface area contributed by atoms with Gasteiger partial charge in [-0.15, -0.1) is 36.2 Å². The molecule has 1 saturated heterocycles. The topological polar surface area (TPSA) is 54.0 Å². The number of nitrogens with zero attached hydrogens (tertiary/aromatic N) is 1. The molecule has 2 atom stereocenters. The molecule has 0 radical (unpaired) electrons. The number of amides is 1. The van der Waals surface area contributed by atoms with Crippen molar-refractivity contribution in [2.75, 3.05) is 6.54 Å². The van der Waals surface area contributed by atoms with E-state index in [1.165, 1.54) is 16.9 Å². The Morgan fingerprint density at radius 2 is 1.96 bits per heavy atom. The Labute approximate surface area is 172 Å². The maximum atomic E-state index is 12.4. The largest absolute Gasteiger partial charge is 0.348 e. The van der Waals surface area contributed by atoms with E-state index in [1.807, 2.05) is 5.38 Å². The molecule has 4 nitrogen and oxygen atoms in total. The van der Waals surface area contributed by atoms with Crippen molar-refractivity contribution in [2.24, 2.45) is 0 Å². The zero-order valence-electron chi connectivity index (χ0n) is 15.3. The van der Waals surface area contributed by atoms with Crippen LogP contribution in [0.2, 0.25) is 0 Å². The fourth-order valence-corrected chi connectivity index (χ4v) is 3.85. The molecule has 1 aliphatic rings. The van der Waals surface area contributed by atoms with Crippen LogP contribution in [0.3, 0.4) is 0 Å². The normalized spacial score (nSPS) is 19.4. The number of benzene rings is 1. The van der Waals surface area contributed by atoms with Crippen molar-refractivity contribution in [3.05, 3.63) is 40.9 Å². The van der Waals surface area contributed by atoms with Crippen molar-refractivity contribution in [3.8, 4) is 10.6 Å². The van der Waals surface area contributed by atoms with Gasteiger partial charge >= 0.3 is 0 Å². The van der Waals surface area contributed by atoms with Gasteiger partial charge in [-0.05, 0) is 37.8 Å². The first-order chi connectivity index (χ1) is 11.5. The minimum absolute atomic E-state index is 0. The summed E-state index contributed by atoms with van der Waals surface area (Å²) in [5.74, 6) is 0.458. The first-order valence-corrected chi connectivity index (χ1v) is 9.51. The maximum Gasteiger partial charge on any atom is 0.270 e. The van der Waals surface area contributed by atoms with E-state index in [0.29, 0.717) is 17.7 Å². The van der Waals surface area contributed by atoms with E-state index in [0.717, 1.165) is 30.0 Å². The number of rotatable bonds is 4. The van der Waals surface area contributed by atoms with Crippen LogP contribution in [0.5, 0.6) is 0 Å². The molecule has 26 heavy (non-hydrogen) atoms. The zero-order chi connectivity index (χ0) is 17.1. The Hall–Kier alpha value is -1.14. The van der Waals surface area contributed by atoms with Crippen LogP contribution in [0, 0.1) is 0 Å². The molecule has 0 saturated carbocycles. The Morgan fingerprint density at radius 1 is 1.27 bits per heavy atom. The molecule has 7 heteroatoms. The van der Waals surface area contributed by atoms with Gasteiger partial charge in [0.1, 0.15) is 10.7 Å². The highest BCUT2D eigenvalue weighted by atomic mass is 35.5. The van der Waals surface area contributed by atoms with E-state index in [4.69, 9.17) is 0 Å². The third-order valence-corrected chi connectivity index (χ3v) is 5.41. The molecule has 1 aromatic heterocycles. The number of halogens is 2. The highest BCUT2D eigenvalue weighted by molar-refractivity contribution is 7.13. The molecule has 2 heterocycles. The molecular formula is C19H27Cl2N3OS. The molecule has 1 fully saturated rings. The van der Waals surface area contributed by atoms with Crippen LogP contribution in [0.15, 0.2) is 29.6 Å². The van der Waals surface area contributed by atoms with E-state index in [1.54, 1.807) is 0 Å². The van der Waals surface area contributed by atoms with Crippen LogP contribution >= 0.6 is 36.2 Å². The molecule has 2 aromatic rings. The molecular weight excluding hydrogens is 389 g/mol. The highest BCUT2D eigenvalue weighted by Crippen LogP contribution is 2.26. The average Bonchev–Trinajstić information content (AvgIpc) is 3.05. The van der Waals surface area contributed by atoms with E-state index < -0.39 is 0 Å². The summed E-state index contributed by atoms with van der Waals surface area (Å²) in [6.45, 7) is 7.47. The van der Waals surface area contributed by atoms with Crippen molar-refractivity contribution in [1.82, 2.24) is 15.6 Å². The summed E-state index contributed by atoms with van der Waals surface area (Å²) in [5.41, 5.74) is 2.90. The fraction of sp³-hybridized carbons (Fsp3) is 0.474. The summed E-state index contributed by atoms with van der Waals surface area (Å²) < 4.78 is 0. The average molecular weight is 416 g/mol. The minimum atomic E-state index is -0.0598. The zero-order valence-corrected chi connectivity index (χ0v) is 17.8. The number of nitrogens with one attached hydrogen (secondary N) is 2. The molecule has 0 bridgehead atoms. The van der Waals surface area contributed by atoms with Gasteiger partial charge in [-0.3, -0.25) is 4.79 Å². The first-order valence-electron chi connectivity index (χ1n) is 8.63. The monoisotopic (exact) mass is 415 g/mol. The summed E-state index contributed by atoms with van der Waals surface area (Å²) in [4.78, 5) is 17.0. The van der Waals surface area contributed by atoms with Crippen LogP contribution < -0.4 is 10.6 Å². The number of hydrogen-bond donors (Lipinski definition) is 2. The second-order valence-corrected chi connectivity index (χ2v) is 7.72. The Bertz CT molecular complexity index is 703. The molecule has 0 spiro atoms. The molecule has 144 valence electrons. The van der Waals surface area contributed by atoms with Crippen molar-refractivity contribution in [1.29, 1.82) is 0 Å². The number of thiazole rings is 1. The molecule has 0 aliphatic carbocycles. The standard InChI is InChI=1S/C19H25N3OS.2ClH/c1-12(2)14-4-6-15(7-5-14)19-22-17(11-24-19)18(23)21-16-8-9-20-13(3)10-16;;/h4-7,11-13,16,20H,8-10H2,1-3H3,(H,21,23);2*1H. The molecule has 2 N–H and O–H groups in total. The van der Waals surface area contributed by atoms with E-state index in [9.17, 15) is 4.79 Å². The molecule has 1 amide bonds. The fourth-order valence-electron chi connectivity index (χ4n) is 3.04. The minimum Gasteiger partial charge on any atom is -0.348 e. The van der Waals surface area contributed by atoms with Crippen molar-refractivity contribution >= 4 is 42.1 Å². The number of carbonyl (C=O) groups excluding carboxylic acids is 1. The Morgan fingerprint density at radius 3 is 2.58 bits per heavy atom. The lowest BCUT2D eigenvalue weighted by atomic mass is 10.0. The third-order valence-electron chi connectivity index (χ3n) is 4.52. The van der Waals surface area contributed by atoms with Gasteiger partial charge in [0.25, 0.3) is 5.91 Å². The smallest absolute Gasteiger partial charge is 0.270 e. The van der Waals surface area contributed by atoms with Gasteiger partial charge in [-0.1, -0.05) is 38.1 Å². The summed E-state index contributed by atoms with van der Waals surface area (Å²) in [6.07, 6.45) is 1.95. The summed E-state index contributed by atoms with van der Waals surface area (Å²) in [7, 11) is 0. The van der Waals surface area contributed by atoms with Crippen LogP contribution in [0.1, 0.15) is 55.6 Å². The lowest BCUT2D eigenvalue weighted by Crippen LogP contribution is -2.46. The predicted octanol–water partition coefficient (Wildman–Crippen LogP) is 4.65. The lowest BCUT2D eigenvalue weighted by Gasteiger charge is -2.28. The number of aromatic nitrogens is 1. The van der Waals surface area contributed by atoms with Crippen LogP contribution in [0.25, 0.3) is 10.6 Å². The van der Waals surface area contributed by atoms with E-state index >= 15 is 0 Å². The van der Waals surface area contributed by atoms with E-state index in [-0.39, 0.29) is 36.8 Å². The quantitative estimate of drug-likeness (QED) is 0.763. The van der Waals surface area contributed by atoms with Gasteiger partial charge in [0.15, 0.2) is 0 Å². The number of piperidine rings is 1. The molecule has 1 aromatic carbocycles. The van der Waals surface area contributed by atoms with Gasteiger partial charge in [0.2, 0.25) is 0 Å². The molecule has 3 rings (SSSR count). The Balaban J connectivity index is 0.00000169. The second kappa shape index (κ2) is 10.3. The van der Waals surface area contributed by atoms with Crippen LogP contribution in [-0.2, 0) is 0 Å². The maximum absolute atomic E-state index is 12.4. The summed E-state index contributed by atoms with van der Waals surface area (Å²) in [6, 6.07) is 9.14. The van der Waals surface area contributed by atoms with Gasteiger partial charge in [-0.2, -0.15) is 0 Å². The number of hydrogen-bond acceptors (Lipinski definition) is 4. The van der Waals surface area contributed by atoms with Gasteiger partial charge in [0.05, 0.1) is 0 Å². The van der Waals surface area contributed by atoms with Gasteiger partial charge < -0.3 is 10.6 Å². The SMILES string of the molecule is CC1CC(NC(=O)c2csc(-c3ccc(C(C)C)cc3)n2)CCN1.Cl.Cl.